The van der Waals surface area contributed by atoms with Crippen LogP contribution in [0.25, 0.3) is 11.1 Å². The maximum atomic E-state index is 12.7. The van der Waals surface area contributed by atoms with Crippen LogP contribution >= 0.6 is 0 Å². The van der Waals surface area contributed by atoms with Crippen LogP contribution in [0.5, 0.6) is 0 Å². The van der Waals surface area contributed by atoms with Crippen LogP contribution in [0.1, 0.15) is 47.3 Å². The lowest BCUT2D eigenvalue weighted by Crippen LogP contribution is -2.51. The number of benzene rings is 2. The van der Waals surface area contributed by atoms with Crippen LogP contribution in [0, 0.1) is 0 Å². The number of hydrogen-bond donors (Lipinski definition) is 3. The Morgan fingerprint density at radius 1 is 1.00 bits per heavy atom. The Kier molecular flexibility index (Phi) is 7.67. The zero-order chi connectivity index (χ0) is 25.8. The molecule has 8 heteroatoms. The van der Waals surface area contributed by atoms with Crippen molar-refractivity contribution in [1.29, 1.82) is 0 Å². The molecular formula is C29H36N6O2. The third kappa shape index (κ3) is 6.64. The molecule has 1 aliphatic heterocycles. The van der Waals surface area contributed by atoms with E-state index in [0.717, 1.165) is 48.6 Å². The lowest BCUT2D eigenvalue weighted by atomic mass is 10.0. The first kappa shape index (κ1) is 25.2. The Balaban J connectivity index is 1.10. The van der Waals surface area contributed by atoms with Crippen LogP contribution in [0.3, 0.4) is 0 Å². The van der Waals surface area contributed by atoms with E-state index in [1.54, 1.807) is 0 Å². The molecule has 0 spiro atoms. The maximum absolute atomic E-state index is 12.7. The fourth-order valence-electron chi connectivity index (χ4n) is 4.74. The first-order chi connectivity index (χ1) is 17.9. The Labute approximate surface area is 218 Å². The molecule has 2 heterocycles. The molecule has 37 heavy (non-hydrogen) atoms. The van der Waals surface area contributed by atoms with E-state index in [1.165, 1.54) is 12.8 Å². The highest BCUT2D eigenvalue weighted by Gasteiger charge is 2.25. The fourth-order valence-corrected chi connectivity index (χ4v) is 4.74. The molecule has 8 nitrogen and oxygen atoms in total. The van der Waals surface area contributed by atoms with Crippen molar-refractivity contribution in [3.8, 4) is 11.1 Å². The number of piperazine rings is 1. The molecule has 2 aliphatic rings. The molecule has 0 radical (unpaired) electrons. The van der Waals surface area contributed by atoms with Gasteiger partial charge in [-0.05, 0) is 55.6 Å². The highest BCUT2D eigenvalue weighted by molar-refractivity contribution is 5.94. The summed E-state index contributed by atoms with van der Waals surface area (Å²) in [5.41, 5.74) is 4.77. The zero-order valence-corrected chi connectivity index (χ0v) is 21.7. The van der Waals surface area contributed by atoms with Crippen LogP contribution < -0.4 is 10.6 Å². The van der Waals surface area contributed by atoms with Gasteiger partial charge in [-0.25, -0.2) is 0 Å². The molecular weight excluding hydrogens is 464 g/mol. The van der Waals surface area contributed by atoms with Crippen molar-refractivity contribution in [2.45, 2.75) is 38.1 Å². The quantitative estimate of drug-likeness (QED) is 0.418. The monoisotopic (exact) mass is 500 g/mol. The average Bonchev–Trinajstić information content (AvgIpc) is 3.66. The van der Waals surface area contributed by atoms with Gasteiger partial charge in [-0.15, -0.1) is 0 Å². The molecule has 1 saturated heterocycles. The van der Waals surface area contributed by atoms with Crippen LogP contribution in [-0.4, -0.2) is 77.6 Å². The summed E-state index contributed by atoms with van der Waals surface area (Å²) in [6.07, 6.45) is 2.67. The van der Waals surface area contributed by atoms with Crippen molar-refractivity contribution >= 4 is 17.6 Å². The predicted molar refractivity (Wildman–Crippen MR) is 146 cm³/mol. The van der Waals surface area contributed by atoms with Gasteiger partial charge in [0.2, 0.25) is 5.91 Å². The smallest absolute Gasteiger partial charge is 0.251 e. The summed E-state index contributed by atoms with van der Waals surface area (Å²) in [4.78, 5) is 29.9. The van der Waals surface area contributed by atoms with Crippen molar-refractivity contribution in [2.24, 2.45) is 0 Å². The summed E-state index contributed by atoms with van der Waals surface area (Å²) in [5, 5.41) is 13.1. The molecule has 3 N–H and O–H groups in total. The summed E-state index contributed by atoms with van der Waals surface area (Å²) in [7, 11) is 2.15. The van der Waals surface area contributed by atoms with Crippen molar-refractivity contribution in [3.63, 3.8) is 0 Å². The molecule has 1 aromatic heterocycles. The van der Waals surface area contributed by atoms with Crippen molar-refractivity contribution in [2.75, 3.05) is 45.1 Å². The Morgan fingerprint density at radius 3 is 2.30 bits per heavy atom. The standard InChI is InChI=1S/C29H36N6O2/c1-20(35-15-13-34(2)14-16-35)19-30-29(37)25-11-7-23(8-12-25)22-5-3-21(4-6-22)17-28(36)31-27-18-26(32-33-27)24-9-10-24/h3-8,11-12,18,20,24H,9-10,13-17,19H2,1-2H3,(H,30,37)(H2,31,32,33,36). The zero-order valence-electron chi connectivity index (χ0n) is 21.7. The largest absolute Gasteiger partial charge is 0.350 e. The fraction of sp³-hybridized carbons (Fsp3) is 0.414. The van der Waals surface area contributed by atoms with E-state index >= 15 is 0 Å². The van der Waals surface area contributed by atoms with Crippen molar-refractivity contribution in [3.05, 3.63) is 71.4 Å². The second-order valence-corrected chi connectivity index (χ2v) is 10.4. The van der Waals surface area contributed by atoms with E-state index in [-0.39, 0.29) is 18.2 Å². The number of likely N-dealkylation sites (N-methyl/N-ethyl adjacent to an activating group) is 1. The molecule has 194 valence electrons. The Morgan fingerprint density at radius 2 is 1.65 bits per heavy atom. The number of rotatable bonds is 9. The number of carbonyl (C=O) groups excluding carboxylic acids is 2. The summed E-state index contributed by atoms with van der Waals surface area (Å²) in [6.45, 7) is 7.03. The lowest BCUT2D eigenvalue weighted by Gasteiger charge is -2.36. The van der Waals surface area contributed by atoms with Crippen LogP contribution in [0.2, 0.25) is 0 Å². The van der Waals surface area contributed by atoms with E-state index in [1.807, 2.05) is 54.6 Å². The molecule has 1 unspecified atom stereocenters. The Bertz CT molecular complexity index is 1210. The highest BCUT2D eigenvalue weighted by Crippen LogP contribution is 2.39. The summed E-state index contributed by atoms with van der Waals surface area (Å²) >= 11 is 0. The number of nitrogens with zero attached hydrogens (tertiary/aromatic N) is 3. The van der Waals surface area contributed by atoms with Gasteiger partial charge in [-0.3, -0.25) is 19.6 Å². The number of aromatic nitrogens is 2. The van der Waals surface area contributed by atoms with E-state index in [0.29, 0.717) is 29.9 Å². The van der Waals surface area contributed by atoms with Gasteiger partial charge in [0.05, 0.1) is 6.42 Å². The minimum atomic E-state index is -0.0843. The molecule has 2 aromatic carbocycles. The van der Waals surface area contributed by atoms with E-state index in [4.69, 9.17) is 0 Å². The van der Waals surface area contributed by atoms with Gasteiger partial charge in [-0.2, -0.15) is 5.10 Å². The minimum Gasteiger partial charge on any atom is -0.350 e. The van der Waals surface area contributed by atoms with Crippen LogP contribution in [0.4, 0.5) is 5.82 Å². The Hall–Kier alpha value is -3.49. The van der Waals surface area contributed by atoms with E-state index < -0.39 is 0 Å². The number of hydrogen-bond acceptors (Lipinski definition) is 5. The SMILES string of the molecule is CC(CNC(=O)c1ccc(-c2ccc(CC(=O)Nc3cc(C4CC4)[nH]n3)cc2)cc1)N1CCN(C)CC1. The van der Waals surface area contributed by atoms with Crippen molar-refractivity contribution in [1.82, 2.24) is 25.3 Å². The second-order valence-electron chi connectivity index (χ2n) is 10.4. The summed E-state index contributed by atoms with van der Waals surface area (Å²) in [6, 6.07) is 17.9. The summed E-state index contributed by atoms with van der Waals surface area (Å²) < 4.78 is 0. The molecule has 1 saturated carbocycles. The minimum absolute atomic E-state index is 0.0462. The van der Waals surface area contributed by atoms with Gasteiger partial charge in [0.25, 0.3) is 5.91 Å². The van der Waals surface area contributed by atoms with Gasteiger partial charge in [0.15, 0.2) is 5.82 Å². The molecule has 1 aliphatic carbocycles. The molecule has 2 fully saturated rings. The topological polar surface area (TPSA) is 93.4 Å². The highest BCUT2D eigenvalue weighted by atomic mass is 16.2. The average molecular weight is 501 g/mol. The summed E-state index contributed by atoms with van der Waals surface area (Å²) in [5.74, 6) is 1.03. The van der Waals surface area contributed by atoms with E-state index in [2.05, 4.69) is 44.6 Å². The van der Waals surface area contributed by atoms with Gasteiger partial charge in [-0.1, -0.05) is 36.4 Å². The molecule has 0 bridgehead atoms. The molecule has 5 rings (SSSR count). The normalized spacial score (nSPS) is 17.4. The van der Waals surface area contributed by atoms with Gasteiger partial charge < -0.3 is 15.5 Å². The van der Waals surface area contributed by atoms with Crippen LogP contribution in [0.15, 0.2) is 54.6 Å². The number of anilines is 1. The van der Waals surface area contributed by atoms with Crippen molar-refractivity contribution < 1.29 is 9.59 Å². The number of amides is 2. The first-order valence-electron chi connectivity index (χ1n) is 13.2. The lowest BCUT2D eigenvalue weighted by molar-refractivity contribution is -0.115. The predicted octanol–water partition coefficient (Wildman–Crippen LogP) is 3.50. The third-order valence-electron chi connectivity index (χ3n) is 7.40. The first-order valence-corrected chi connectivity index (χ1v) is 13.2. The van der Waals surface area contributed by atoms with E-state index in [9.17, 15) is 9.59 Å². The number of carbonyl (C=O) groups is 2. The number of aromatic amines is 1. The number of H-pyrrole nitrogens is 1. The molecule has 3 aromatic rings. The van der Waals surface area contributed by atoms with Gasteiger partial charge in [0.1, 0.15) is 0 Å². The van der Waals surface area contributed by atoms with Gasteiger partial charge in [0, 0.05) is 62.0 Å². The third-order valence-corrected chi connectivity index (χ3v) is 7.40. The second kappa shape index (κ2) is 11.3. The van der Waals surface area contributed by atoms with Gasteiger partial charge >= 0.3 is 0 Å². The maximum Gasteiger partial charge on any atom is 0.251 e. The number of nitrogens with one attached hydrogen (secondary N) is 3. The molecule has 1 atom stereocenters. The van der Waals surface area contributed by atoms with Crippen LogP contribution in [-0.2, 0) is 11.2 Å². The molecule has 2 amide bonds.